The number of amides is 3. The molecule has 0 radical (unpaired) electrons. The van der Waals surface area contributed by atoms with E-state index in [4.69, 9.17) is 21.1 Å². The summed E-state index contributed by atoms with van der Waals surface area (Å²) in [5.74, 6) is 0.542. The van der Waals surface area contributed by atoms with Crippen molar-refractivity contribution in [2.45, 2.75) is 6.10 Å². The van der Waals surface area contributed by atoms with Gasteiger partial charge in [-0.25, -0.2) is 10.2 Å². The number of hydrogen-bond donors (Lipinski definition) is 3. The number of carbonyl (C=O) groups excluding carboxylic acids is 2. The van der Waals surface area contributed by atoms with Crippen molar-refractivity contribution in [3.05, 3.63) is 53.6 Å². The molecule has 0 aliphatic carbocycles. The maximum atomic E-state index is 12.0. The Balaban J connectivity index is 1.49. The molecule has 7 nitrogen and oxygen atoms in total. The topological polar surface area (TPSA) is 88.7 Å². The third-order valence-electron chi connectivity index (χ3n) is 3.20. The van der Waals surface area contributed by atoms with Crippen LogP contribution in [0.2, 0.25) is 5.02 Å². The molecule has 0 aromatic heterocycles. The van der Waals surface area contributed by atoms with Crippen LogP contribution in [0.3, 0.4) is 0 Å². The molecule has 1 heterocycles. The summed E-state index contributed by atoms with van der Waals surface area (Å²) >= 11 is 5.76. The van der Waals surface area contributed by atoms with Crippen LogP contribution in [-0.2, 0) is 4.79 Å². The SMILES string of the molecule is O=C(NNC(=O)C1COc2ccccc2O1)Nc1ccc(Cl)cc1. The summed E-state index contributed by atoms with van der Waals surface area (Å²) < 4.78 is 11.0. The first-order chi connectivity index (χ1) is 11.6. The molecule has 8 heteroatoms. The number of para-hydroxylation sites is 2. The number of hydrogen-bond acceptors (Lipinski definition) is 4. The van der Waals surface area contributed by atoms with Crippen molar-refractivity contribution in [1.29, 1.82) is 0 Å². The zero-order valence-electron chi connectivity index (χ0n) is 12.4. The first-order valence-electron chi connectivity index (χ1n) is 7.13. The number of ether oxygens (including phenoxy) is 2. The quantitative estimate of drug-likeness (QED) is 0.727. The Morgan fingerprint density at radius 3 is 2.46 bits per heavy atom. The van der Waals surface area contributed by atoms with Gasteiger partial charge in [-0.1, -0.05) is 23.7 Å². The largest absolute Gasteiger partial charge is 0.485 e. The fraction of sp³-hybridized carbons (Fsp3) is 0.125. The summed E-state index contributed by atoms with van der Waals surface area (Å²) in [7, 11) is 0. The van der Waals surface area contributed by atoms with Crippen LogP contribution < -0.4 is 25.6 Å². The van der Waals surface area contributed by atoms with Gasteiger partial charge in [0.2, 0.25) is 6.10 Å². The molecule has 0 spiro atoms. The molecule has 1 unspecified atom stereocenters. The molecule has 0 fully saturated rings. The van der Waals surface area contributed by atoms with E-state index in [-0.39, 0.29) is 6.61 Å². The minimum Gasteiger partial charge on any atom is -0.485 e. The Morgan fingerprint density at radius 1 is 1.00 bits per heavy atom. The van der Waals surface area contributed by atoms with Crippen molar-refractivity contribution in [2.24, 2.45) is 0 Å². The third-order valence-corrected chi connectivity index (χ3v) is 3.45. The second-order valence-electron chi connectivity index (χ2n) is 4.94. The Bertz CT molecular complexity index is 751. The lowest BCUT2D eigenvalue weighted by Crippen LogP contribution is -2.51. The second kappa shape index (κ2) is 7.10. The minimum atomic E-state index is -0.851. The average Bonchev–Trinajstić information content (AvgIpc) is 2.61. The normalized spacial score (nSPS) is 15.3. The van der Waals surface area contributed by atoms with Crippen molar-refractivity contribution in [1.82, 2.24) is 10.9 Å². The van der Waals surface area contributed by atoms with Crippen LogP contribution in [0.25, 0.3) is 0 Å². The van der Waals surface area contributed by atoms with Crippen molar-refractivity contribution < 1.29 is 19.1 Å². The fourth-order valence-electron chi connectivity index (χ4n) is 2.04. The molecule has 0 saturated carbocycles. The lowest BCUT2D eigenvalue weighted by atomic mass is 10.2. The van der Waals surface area contributed by atoms with Crippen LogP contribution in [0.5, 0.6) is 11.5 Å². The fourth-order valence-corrected chi connectivity index (χ4v) is 2.17. The van der Waals surface area contributed by atoms with Gasteiger partial charge in [-0.3, -0.25) is 10.2 Å². The van der Waals surface area contributed by atoms with E-state index in [1.807, 2.05) is 6.07 Å². The number of benzene rings is 2. The molecule has 3 rings (SSSR count). The molecule has 1 atom stereocenters. The Morgan fingerprint density at radius 2 is 1.71 bits per heavy atom. The lowest BCUT2D eigenvalue weighted by Gasteiger charge is -2.25. The van der Waals surface area contributed by atoms with Crippen molar-refractivity contribution in [2.75, 3.05) is 11.9 Å². The third kappa shape index (κ3) is 3.88. The minimum absolute atomic E-state index is 0.0589. The van der Waals surface area contributed by atoms with Gasteiger partial charge in [0.1, 0.15) is 6.61 Å². The van der Waals surface area contributed by atoms with Gasteiger partial charge in [-0.15, -0.1) is 0 Å². The van der Waals surface area contributed by atoms with E-state index in [0.717, 1.165) is 0 Å². The number of urea groups is 1. The van der Waals surface area contributed by atoms with Gasteiger partial charge >= 0.3 is 6.03 Å². The number of anilines is 1. The highest BCUT2D eigenvalue weighted by molar-refractivity contribution is 6.30. The predicted octanol–water partition coefficient (Wildman–Crippen LogP) is 2.33. The highest BCUT2D eigenvalue weighted by Gasteiger charge is 2.27. The van der Waals surface area contributed by atoms with Crippen LogP contribution >= 0.6 is 11.6 Å². The summed E-state index contributed by atoms with van der Waals surface area (Å²) in [5.41, 5.74) is 5.07. The van der Waals surface area contributed by atoms with E-state index in [9.17, 15) is 9.59 Å². The molecule has 124 valence electrons. The zero-order chi connectivity index (χ0) is 16.9. The Labute approximate surface area is 142 Å². The molecule has 2 aromatic rings. The number of carbonyl (C=O) groups is 2. The van der Waals surface area contributed by atoms with E-state index in [2.05, 4.69) is 16.2 Å². The van der Waals surface area contributed by atoms with E-state index in [1.54, 1.807) is 42.5 Å². The van der Waals surface area contributed by atoms with E-state index in [1.165, 1.54) is 0 Å². The number of fused-ring (bicyclic) bond motifs is 1. The predicted molar refractivity (Wildman–Crippen MR) is 88.1 cm³/mol. The van der Waals surface area contributed by atoms with Gasteiger partial charge in [0, 0.05) is 10.7 Å². The summed E-state index contributed by atoms with van der Waals surface area (Å²) in [5, 5.41) is 3.11. The summed E-state index contributed by atoms with van der Waals surface area (Å²) in [4.78, 5) is 23.8. The number of nitrogens with one attached hydrogen (secondary N) is 3. The Hall–Kier alpha value is -2.93. The highest BCUT2D eigenvalue weighted by Crippen LogP contribution is 2.30. The van der Waals surface area contributed by atoms with Crippen LogP contribution in [0.1, 0.15) is 0 Å². The molecule has 2 aromatic carbocycles. The van der Waals surface area contributed by atoms with Gasteiger partial charge in [-0.2, -0.15) is 0 Å². The zero-order valence-corrected chi connectivity index (χ0v) is 13.2. The monoisotopic (exact) mass is 347 g/mol. The number of halogens is 1. The Kier molecular flexibility index (Phi) is 4.72. The molecule has 3 amide bonds. The smallest absolute Gasteiger partial charge is 0.337 e. The van der Waals surface area contributed by atoms with Gasteiger partial charge in [0.05, 0.1) is 0 Å². The molecule has 1 aliphatic rings. The molecular weight excluding hydrogens is 334 g/mol. The van der Waals surface area contributed by atoms with Gasteiger partial charge in [0.15, 0.2) is 11.5 Å². The lowest BCUT2D eigenvalue weighted by molar-refractivity contribution is -0.131. The van der Waals surface area contributed by atoms with Crippen LogP contribution in [0, 0.1) is 0 Å². The highest BCUT2D eigenvalue weighted by atomic mass is 35.5. The van der Waals surface area contributed by atoms with Crippen LogP contribution in [0.4, 0.5) is 10.5 Å². The van der Waals surface area contributed by atoms with Crippen LogP contribution in [-0.4, -0.2) is 24.6 Å². The molecule has 3 N–H and O–H groups in total. The molecule has 0 bridgehead atoms. The molecule has 1 aliphatic heterocycles. The van der Waals surface area contributed by atoms with Crippen LogP contribution in [0.15, 0.2) is 48.5 Å². The standard InChI is InChI=1S/C16H14ClN3O4/c17-10-5-7-11(8-6-10)18-16(22)20-19-15(21)14-9-23-12-3-1-2-4-13(12)24-14/h1-8,14H,9H2,(H,19,21)(H2,18,20,22). The van der Waals surface area contributed by atoms with Gasteiger partial charge < -0.3 is 14.8 Å². The van der Waals surface area contributed by atoms with E-state index >= 15 is 0 Å². The first-order valence-corrected chi connectivity index (χ1v) is 7.50. The van der Waals surface area contributed by atoms with Gasteiger partial charge in [-0.05, 0) is 36.4 Å². The van der Waals surface area contributed by atoms with Crippen molar-refractivity contribution in [3.63, 3.8) is 0 Å². The maximum Gasteiger partial charge on any atom is 0.337 e. The second-order valence-corrected chi connectivity index (χ2v) is 5.38. The molecule has 24 heavy (non-hydrogen) atoms. The maximum absolute atomic E-state index is 12.0. The number of hydrazine groups is 1. The average molecular weight is 348 g/mol. The van der Waals surface area contributed by atoms with E-state index < -0.39 is 18.0 Å². The molecule has 0 saturated heterocycles. The van der Waals surface area contributed by atoms with Crippen molar-refractivity contribution >= 4 is 29.2 Å². The first kappa shape index (κ1) is 15.9. The van der Waals surface area contributed by atoms with Crippen molar-refractivity contribution in [3.8, 4) is 11.5 Å². The van der Waals surface area contributed by atoms with Gasteiger partial charge in [0.25, 0.3) is 5.91 Å². The summed E-state index contributed by atoms with van der Waals surface area (Å²) in [6.45, 7) is 0.0589. The summed E-state index contributed by atoms with van der Waals surface area (Å²) in [6.07, 6.45) is -0.851. The van der Waals surface area contributed by atoms with E-state index in [0.29, 0.717) is 22.2 Å². The summed E-state index contributed by atoms with van der Waals surface area (Å²) in [6, 6.07) is 13.0. The number of rotatable bonds is 2. The molecular formula is C16H14ClN3O4.